The molecule has 1 amide bonds. The first-order chi connectivity index (χ1) is 10.6. The summed E-state index contributed by atoms with van der Waals surface area (Å²) in [7, 11) is -2.62. The van der Waals surface area contributed by atoms with Gasteiger partial charge in [-0.2, -0.15) is 0 Å². The van der Waals surface area contributed by atoms with Crippen LogP contribution in [0.4, 0.5) is 4.79 Å². The highest BCUT2D eigenvalue weighted by Crippen LogP contribution is 2.18. The minimum absolute atomic E-state index is 0.249. The second-order valence-electron chi connectivity index (χ2n) is 4.77. The Kier molecular flexibility index (Phi) is 12.5. The molecule has 0 aromatic rings. The Hall–Kier alpha value is -0.633. The number of carbonyl (C=O) groups is 1. The third-order valence-electron chi connectivity index (χ3n) is 3.02. The number of ether oxygens (including phenoxy) is 1. The van der Waals surface area contributed by atoms with Crippen LogP contribution in [0.1, 0.15) is 47.5 Å². The van der Waals surface area contributed by atoms with Crippen LogP contribution in [0.25, 0.3) is 0 Å². The molecule has 0 aliphatic carbocycles. The Morgan fingerprint density at radius 2 is 1.41 bits per heavy atom. The van der Waals surface area contributed by atoms with Crippen LogP contribution in [0.15, 0.2) is 0 Å². The quantitative estimate of drug-likeness (QED) is 0.483. The summed E-state index contributed by atoms with van der Waals surface area (Å²) >= 11 is 0. The fourth-order valence-electron chi connectivity index (χ4n) is 2.27. The largest absolute Gasteiger partial charge is 0.500 e. The summed E-state index contributed by atoms with van der Waals surface area (Å²) in [5.41, 5.74) is 0. The SMILES string of the molecule is CCCN(CCC[Si](OCC)(OCC)OCC)C(=O)OCC. The van der Waals surface area contributed by atoms with Crippen LogP contribution in [-0.2, 0) is 18.0 Å². The van der Waals surface area contributed by atoms with E-state index in [1.54, 1.807) is 4.90 Å². The van der Waals surface area contributed by atoms with Gasteiger partial charge >= 0.3 is 14.9 Å². The molecule has 0 rings (SSSR count). The first kappa shape index (κ1) is 21.4. The number of amides is 1. The lowest BCUT2D eigenvalue weighted by Gasteiger charge is -2.29. The van der Waals surface area contributed by atoms with Crippen molar-refractivity contribution in [3.8, 4) is 0 Å². The molecule has 7 heteroatoms. The van der Waals surface area contributed by atoms with Gasteiger partial charge in [0.15, 0.2) is 0 Å². The lowest BCUT2D eigenvalue weighted by Crippen LogP contribution is -2.46. The molecule has 0 bridgehead atoms. The molecule has 0 radical (unpaired) electrons. The molecule has 0 fully saturated rings. The highest BCUT2D eigenvalue weighted by molar-refractivity contribution is 6.60. The van der Waals surface area contributed by atoms with Gasteiger partial charge in [0.2, 0.25) is 0 Å². The Labute approximate surface area is 136 Å². The van der Waals surface area contributed by atoms with Crippen LogP contribution in [-0.4, -0.2) is 59.3 Å². The van der Waals surface area contributed by atoms with Crippen LogP contribution in [0.2, 0.25) is 6.04 Å². The standard InChI is InChI=1S/C15H33NO5Si/c1-6-12-16(15(17)18-7-2)13-11-14-22(19-8-3,20-9-4)21-10-5/h6-14H2,1-5H3. The van der Waals surface area contributed by atoms with Gasteiger partial charge in [0.1, 0.15) is 0 Å². The molecule has 22 heavy (non-hydrogen) atoms. The maximum atomic E-state index is 11.9. The van der Waals surface area contributed by atoms with E-state index in [1.807, 2.05) is 34.6 Å². The van der Waals surface area contributed by atoms with E-state index in [4.69, 9.17) is 18.0 Å². The molecular weight excluding hydrogens is 302 g/mol. The molecule has 0 aliphatic rings. The topological polar surface area (TPSA) is 57.2 Å². The summed E-state index contributed by atoms with van der Waals surface area (Å²) in [5, 5.41) is 0. The highest BCUT2D eigenvalue weighted by Gasteiger charge is 2.39. The van der Waals surface area contributed by atoms with E-state index in [0.717, 1.165) is 12.8 Å². The summed E-state index contributed by atoms with van der Waals surface area (Å²) < 4.78 is 22.5. The zero-order valence-electron chi connectivity index (χ0n) is 14.9. The van der Waals surface area contributed by atoms with Crippen molar-refractivity contribution >= 4 is 14.9 Å². The van der Waals surface area contributed by atoms with Gasteiger partial charge < -0.3 is 22.9 Å². The number of rotatable bonds is 13. The van der Waals surface area contributed by atoms with Crippen LogP contribution in [0, 0.1) is 0 Å². The third-order valence-corrected chi connectivity index (χ3v) is 6.17. The average Bonchev–Trinajstić information content (AvgIpc) is 2.47. The van der Waals surface area contributed by atoms with Gasteiger partial charge in [-0.1, -0.05) is 6.92 Å². The summed E-state index contributed by atoms with van der Waals surface area (Å²) in [6.07, 6.45) is 1.44. The van der Waals surface area contributed by atoms with Crippen LogP contribution < -0.4 is 0 Å². The van der Waals surface area contributed by atoms with Crippen molar-refractivity contribution in [2.24, 2.45) is 0 Å². The first-order valence-corrected chi connectivity index (χ1v) is 10.4. The average molecular weight is 336 g/mol. The van der Waals surface area contributed by atoms with Gasteiger partial charge in [0.05, 0.1) is 6.61 Å². The molecule has 0 unspecified atom stereocenters. The minimum Gasteiger partial charge on any atom is -0.450 e. The Morgan fingerprint density at radius 1 is 0.864 bits per heavy atom. The second-order valence-corrected chi connectivity index (χ2v) is 7.50. The molecule has 0 aromatic carbocycles. The molecule has 0 saturated heterocycles. The van der Waals surface area contributed by atoms with Gasteiger partial charge in [-0.15, -0.1) is 0 Å². The Bertz CT molecular complexity index is 274. The summed E-state index contributed by atoms with van der Waals surface area (Å²) in [5.74, 6) is 0. The monoisotopic (exact) mass is 335 g/mol. The molecule has 6 nitrogen and oxygen atoms in total. The highest BCUT2D eigenvalue weighted by atomic mass is 28.4. The molecule has 0 N–H and O–H groups in total. The van der Waals surface area contributed by atoms with E-state index in [2.05, 4.69) is 0 Å². The van der Waals surface area contributed by atoms with Gasteiger partial charge in [0.25, 0.3) is 0 Å². The van der Waals surface area contributed by atoms with Crippen LogP contribution in [0.5, 0.6) is 0 Å². The van der Waals surface area contributed by atoms with Crippen LogP contribution >= 0.6 is 0 Å². The van der Waals surface area contributed by atoms with Crippen molar-refractivity contribution in [2.75, 3.05) is 39.5 Å². The second kappa shape index (κ2) is 12.9. The van der Waals surface area contributed by atoms with E-state index >= 15 is 0 Å². The van der Waals surface area contributed by atoms with E-state index < -0.39 is 8.80 Å². The van der Waals surface area contributed by atoms with Crippen molar-refractivity contribution in [1.29, 1.82) is 0 Å². The van der Waals surface area contributed by atoms with Gasteiger partial charge in [0, 0.05) is 39.0 Å². The molecule has 0 saturated carbocycles. The first-order valence-electron chi connectivity index (χ1n) is 8.42. The molecule has 0 aliphatic heterocycles. The summed E-state index contributed by atoms with van der Waals surface area (Å²) in [6.45, 7) is 13.2. The predicted molar refractivity (Wildman–Crippen MR) is 88.9 cm³/mol. The van der Waals surface area contributed by atoms with Crippen molar-refractivity contribution in [3.63, 3.8) is 0 Å². The molecular formula is C15H33NO5Si. The third kappa shape index (κ3) is 8.12. The van der Waals surface area contributed by atoms with Crippen LogP contribution in [0.3, 0.4) is 0 Å². The molecule has 0 spiro atoms. The van der Waals surface area contributed by atoms with E-state index in [1.165, 1.54) is 0 Å². The maximum absolute atomic E-state index is 11.9. The Balaban J connectivity index is 4.56. The minimum atomic E-state index is -2.62. The zero-order chi connectivity index (χ0) is 16.8. The van der Waals surface area contributed by atoms with Gasteiger partial charge in [-0.25, -0.2) is 4.79 Å². The summed E-state index contributed by atoms with van der Waals surface area (Å²) in [4.78, 5) is 13.6. The fraction of sp³-hybridized carbons (Fsp3) is 0.933. The van der Waals surface area contributed by atoms with E-state index in [0.29, 0.717) is 45.6 Å². The van der Waals surface area contributed by atoms with E-state index in [9.17, 15) is 4.79 Å². The van der Waals surface area contributed by atoms with Crippen molar-refractivity contribution in [1.82, 2.24) is 4.90 Å². The number of hydrogen-bond donors (Lipinski definition) is 0. The smallest absolute Gasteiger partial charge is 0.450 e. The van der Waals surface area contributed by atoms with E-state index in [-0.39, 0.29) is 6.09 Å². The fourth-order valence-corrected chi connectivity index (χ4v) is 4.86. The number of nitrogens with zero attached hydrogens (tertiary/aromatic N) is 1. The van der Waals surface area contributed by atoms with Gasteiger partial charge in [-0.3, -0.25) is 0 Å². The predicted octanol–water partition coefficient (Wildman–Crippen LogP) is 3.29. The van der Waals surface area contributed by atoms with Gasteiger partial charge in [-0.05, 0) is 40.5 Å². The normalized spacial score (nSPS) is 11.5. The molecule has 0 heterocycles. The lowest BCUT2D eigenvalue weighted by atomic mass is 10.4. The number of hydrogen-bond acceptors (Lipinski definition) is 5. The van der Waals surface area contributed by atoms with Crippen molar-refractivity contribution in [2.45, 2.75) is 53.5 Å². The molecule has 0 aromatic heterocycles. The van der Waals surface area contributed by atoms with Crippen molar-refractivity contribution < 1.29 is 22.8 Å². The Morgan fingerprint density at radius 3 is 1.82 bits per heavy atom. The number of carbonyl (C=O) groups excluding carboxylic acids is 1. The van der Waals surface area contributed by atoms with Crippen molar-refractivity contribution in [3.05, 3.63) is 0 Å². The maximum Gasteiger partial charge on any atom is 0.500 e. The lowest BCUT2D eigenvalue weighted by molar-refractivity contribution is 0.0687. The molecule has 0 atom stereocenters. The molecule has 132 valence electrons. The zero-order valence-corrected chi connectivity index (χ0v) is 15.9. The summed E-state index contributed by atoms with van der Waals surface area (Å²) in [6, 6.07) is 0.710.